The molecule has 3 heterocycles. The van der Waals surface area contributed by atoms with Crippen LogP contribution in [0.15, 0.2) is 41.7 Å². The first kappa shape index (κ1) is 41.8. The summed E-state index contributed by atoms with van der Waals surface area (Å²) < 4.78 is 43.4. The van der Waals surface area contributed by atoms with E-state index >= 15 is 0 Å². The monoisotopic (exact) mass is 760 g/mol. The molecule has 0 aromatic heterocycles. The smallest absolute Gasteiger partial charge is 0.337 e. The molecule has 2 saturated heterocycles. The SMILES string of the molecule is COC(=O)C1=CO[C@@H](O[C@@H]2O[C@H](CO)[C@@H](O)[C@H](O[C@@H]3O[C@H](CO)[C@@H](O)[C@H](O)[C@H]3O)[C@H]2O)/C(=C/COC(C)=O)[C@@H]1CC(=O)OCCc1ccc(O)c(O)c1. The van der Waals surface area contributed by atoms with E-state index < -0.39 is 118 Å². The summed E-state index contributed by atoms with van der Waals surface area (Å²) in [7, 11) is 1.08. The summed E-state index contributed by atoms with van der Waals surface area (Å²) >= 11 is 0. The lowest BCUT2D eigenvalue weighted by Gasteiger charge is -2.46. The first-order chi connectivity index (χ1) is 25.2. The number of hydrogen-bond donors (Lipinski definition) is 9. The fourth-order valence-electron chi connectivity index (χ4n) is 5.80. The molecule has 0 spiro atoms. The summed E-state index contributed by atoms with van der Waals surface area (Å²) in [6.07, 6.45) is -17.4. The highest BCUT2D eigenvalue weighted by Crippen LogP contribution is 2.37. The first-order valence-corrected chi connectivity index (χ1v) is 16.4. The van der Waals surface area contributed by atoms with Crippen molar-refractivity contribution in [3.8, 4) is 11.5 Å². The maximum absolute atomic E-state index is 13.1. The summed E-state index contributed by atoms with van der Waals surface area (Å²) in [5.41, 5.74) is 0.346. The number of methoxy groups -OCH3 is 1. The maximum Gasteiger partial charge on any atom is 0.337 e. The molecule has 0 saturated carbocycles. The van der Waals surface area contributed by atoms with Crippen molar-refractivity contribution < 1.29 is 98.2 Å². The zero-order chi connectivity index (χ0) is 39.0. The largest absolute Gasteiger partial charge is 0.504 e. The molecular weight excluding hydrogens is 716 g/mol. The van der Waals surface area contributed by atoms with Gasteiger partial charge >= 0.3 is 17.9 Å². The van der Waals surface area contributed by atoms with E-state index in [0.717, 1.165) is 20.3 Å². The van der Waals surface area contributed by atoms with Gasteiger partial charge in [-0.2, -0.15) is 0 Å². The van der Waals surface area contributed by atoms with Crippen LogP contribution in [0, 0.1) is 5.92 Å². The molecule has 20 nitrogen and oxygen atoms in total. The summed E-state index contributed by atoms with van der Waals surface area (Å²) in [5.74, 6) is -4.32. The van der Waals surface area contributed by atoms with E-state index in [1.807, 2.05) is 0 Å². The van der Waals surface area contributed by atoms with E-state index in [4.69, 9.17) is 37.9 Å². The van der Waals surface area contributed by atoms with E-state index in [-0.39, 0.29) is 35.7 Å². The normalized spacial score (nSPS) is 33.8. The zero-order valence-electron chi connectivity index (χ0n) is 28.6. The summed E-state index contributed by atoms with van der Waals surface area (Å²) in [5, 5.41) is 91.7. The molecule has 1 aromatic rings. The third-order valence-electron chi connectivity index (χ3n) is 8.68. The highest BCUT2D eigenvalue weighted by molar-refractivity contribution is 5.90. The topological polar surface area (TPSA) is 307 Å². The van der Waals surface area contributed by atoms with Crippen molar-refractivity contribution in [3.05, 3.63) is 47.2 Å². The number of hydrogen-bond acceptors (Lipinski definition) is 20. The molecule has 9 N–H and O–H groups in total. The Bertz CT molecular complexity index is 1480. The number of aliphatic hydroxyl groups excluding tert-OH is 7. The number of phenolic OH excluding ortho intramolecular Hbond substituents is 2. The molecule has 3 aliphatic rings. The molecule has 4 rings (SSSR count). The van der Waals surface area contributed by atoms with Gasteiger partial charge in [-0.15, -0.1) is 0 Å². The van der Waals surface area contributed by atoms with Gasteiger partial charge < -0.3 is 83.9 Å². The molecule has 0 aliphatic carbocycles. The molecule has 3 aliphatic heterocycles. The van der Waals surface area contributed by atoms with E-state index in [9.17, 15) is 60.3 Å². The standard InChI is InChI=1S/C33H44O20/c1-14(36)47-8-6-16-17(10-23(39)48-7-5-15-3-4-19(37)20(38)9-15)18(30(45)46-2)13-49-31(16)53-33-28(44)29(25(41)22(12-35)51-33)52-32-27(43)26(42)24(40)21(11-34)50-32/h3-4,6,9,13,17,21-22,24-29,31-35,37-38,40-44H,5,7-8,10-12H2,1-2H3/b16-6+/t17-,21+,22+,24+,25+,26-,27+,28+,29-,31-,32-,33-/m0/s1. The number of carbonyl (C=O) groups is 3. The van der Waals surface area contributed by atoms with Crippen molar-refractivity contribution in [3.63, 3.8) is 0 Å². The number of phenols is 2. The van der Waals surface area contributed by atoms with Crippen molar-refractivity contribution in [1.82, 2.24) is 0 Å². The second-order valence-corrected chi connectivity index (χ2v) is 12.2. The molecule has 0 bridgehead atoms. The van der Waals surface area contributed by atoms with Crippen molar-refractivity contribution in [1.29, 1.82) is 0 Å². The predicted molar refractivity (Wildman–Crippen MR) is 170 cm³/mol. The van der Waals surface area contributed by atoms with Crippen LogP contribution in [0.5, 0.6) is 11.5 Å². The minimum atomic E-state index is -1.97. The van der Waals surface area contributed by atoms with Gasteiger partial charge in [0.2, 0.25) is 6.29 Å². The minimum absolute atomic E-state index is 0.0107. The average molecular weight is 761 g/mol. The fraction of sp³-hybridized carbons (Fsp3) is 0.606. The van der Waals surface area contributed by atoms with Crippen LogP contribution in [-0.2, 0) is 58.7 Å². The van der Waals surface area contributed by atoms with Gasteiger partial charge in [0.05, 0.1) is 45.2 Å². The lowest BCUT2D eigenvalue weighted by molar-refractivity contribution is -0.369. The van der Waals surface area contributed by atoms with Gasteiger partial charge in [0.25, 0.3) is 0 Å². The minimum Gasteiger partial charge on any atom is -0.504 e. The third-order valence-corrected chi connectivity index (χ3v) is 8.68. The maximum atomic E-state index is 13.1. The summed E-state index contributed by atoms with van der Waals surface area (Å²) in [4.78, 5) is 37.5. The number of benzene rings is 1. The van der Waals surface area contributed by atoms with Crippen molar-refractivity contribution in [2.75, 3.05) is 33.5 Å². The Labute approximate surface area is 301 Å². The Kier molecular flexibility index (Phi) is 14.9. The Morgan fingerprint density at radius 2 is 1.49 bits per heavy atom. The molecule has 0 radical (unpaired) electrons. The number of rotatable bonds is 14. The Morgan fingerprint density at radius 3 is 2.11 bits per heavy atom. The summed E-state index contributed by atoms with van der Waals surface area (Å²) in [6, 6.07) is 4.07. The van der Waals surface area contributed by atoms with Crippen LogP contribution in [0.1, 0.15) is 18.9 Å². The van der Waals surface area contributed by atoms with Gasteiger partial charge in [0.15, 0.2) is 24.1 Å². The number of aromatic hydroxyl groups is 2. The molecule has 1 aromatic carbocycles. The highest BCUT2D eigenvalue weighted by Gasteiger charge is 2.52. The van der Waals surface area contributed by atoms with Gasteiger partial charge in [-0.3, -0.25) is 9.59 Å². The van der Waals surface area contributed by atoms with Gasteiger partial charge in [-0.1, -0.05) is 6.07 Å². The molecule has 0 unspecified atom stereocenters. The van der Waals surface area contributed by atoms with E-state index in [2.05, 4.69) is 0 Å². The molecular formula is C33H44O20. The van der Waals surface area contributed by atoms with Crippen LogP contribution < -0.4 is 0 Å². The molecule has 0 amide bonds. The van der Waals surface area contributed by atoms with Crippen LogP contribution in [0.4, 0.5) is 0 Å². The second kappa shape index (κ2) is 18.9. The second-order valence-electron chi connectivity index (χ2n) is 12.2. The van der Waals surface area contributed by atoms with Crippen LogP contribution in [0.2, 0.25) is 0 Å². The van der Waals surface area contributed by atoms with Crippen LogP contribution in [0.3, 0.4) is 0 Å². The van der Waals surface area contributed by atoms with Gasteiger partial charge in [-0.05, 0) is 23.8 Å². The number of aliphatic hydroxyl groups is 7. The van der Waals surface area contributed by atoms with Crippen molar-refractivity contribution in [2.24, 2.45) is 5.92 Å². The predicted octanol–water partition coefficient (Wildman–Crippen LogP) is -3.27. The highest BCUT2D eigenvalue weighted by atomic mass is 16.8. The first-order valence-electron chi connectivity index (χ1n) is 16.4. The average Bonchev–Trinajstić information content (AvgIpc) is 3.13. The van der Waals surface area contributed by atoms with E-state index in [0.29, 0.717) is 5.56 Å². The number of carbonyl (C=O) groups excluding carboxylic acids is 3. The Hall–Kier alpha value is -3.93. The molecule has 2 fully saturated rings. The Balaban J connectivity index is 1.57. The molecule has 53 heavy (non-hydrogen) atoms. The van der Waals surface area contributed by atoms with Crippen molar-refractivity contribution in [2.45, 2.75) is 87.5 Å². The molecule has 20 heteroatoms. The van der Waals surface area contributed by atoms with Crippen molar-refractivity contribution >= 4 is 17.9 Å². The van der Waals surface area contributed by atoms with E-state index in [1.165, 1.54) is 24.3 Å². The van der Waals surface area contributed by atoms with E-state index in [1.54, 1.807) is 0 Å². The Morgan fingerprint density at radius 1 is 0.830 bits per heavy atom. The van der Waals surface area contributed by atoms with Crippen LogP contribution in [0.25, 0.3) is 0 Å². The quantitative estimate of drug-likeness (QED) is 0.0389. The summed E-state index contributed by atoms with van der Waals surface area (Å²) in [6.45, 7) is -1.09. The van der Waals surface area contributed by atoms with Gasteiger partial charge in [0.1, 0.15) is 55.4 Å². The zero-order valence-corrected chi connectivity index (χ0v) is 28.6. The number of ether oxygens (including phenoxy) is 8. The van der Waals surface area contributed by atoms with Crippen LogP contribution >= 0.6 is 0 Å². The number of esters is 3. The molecule has 12 atom stereocenters. The van der Waals surface area contributed by atoms with Gasteiger partial charge in [-0.25, -0.2) is 4.79 Å². The lowest BCUT2D eigenvalue weighted by atomic mass is 9.86. The van der Waals surface area contributed by atoms with Crippen LogP contribution in [-0.4, -0.2) is 165 Å². The fourth-order valence-corrected chi connectivity index (χ4v) is 5.80. The third kappa shape index (κ3) is 10.2. The van der Waals surface area contributed by atoms with Gasteiger partial charge in [0, 0.05) is 24.8 Å². The lowest BCUT2D eigenvalue weighted by Crippen LogP contribution is -2.65. The molecule has 296 valence electrons.